The molecule has 3 rings (SSSR count). The summed E-state index contributed by atoms with van der Waals surface area (Å²) in [5.74, 6) is -5.08. The summed E-state index contributed by atoms with van der Waals surface area (Å²) in [6.07, 6.45) is 4.49. The molecule has 0 bridgehead atoms. The van der Waals surface area contributed by atoms with Crippen molar-refractivity contribution in [2.75, 3.05) is 59.3 Å². The minimum absolute atomic E-state index is 0.0415. The maximum atomic E-state index is 13.6. The van der Waals surface area contributed by atoms with Crippen LogP contribution in [0.4, 0.5) is 4.79 Å². The molecule has 1 aromatic heterocycles. The van der Waals surface area contributed by atoms with E-state index in [1.54, 1.807) is 6.20 Å². The molecule has 0 aliphatic heterocycles. The zero-order valence-electron chi connectivity index (χ0n) is 35.7. The average Bonchev–Trinajstić information content (AvgIpc) is 3.66. The molecule has 3 atom stereocenters. The predicted molar refractivity (Wildman–Crippen MR) is 226 cm³/mol. The Labute approximate surface area is 365 Å². The lowest BCUT2D eigenvalue weighted by atomic mass is 9.81. The molecule has 0 radical (unpaired) electrons. The zero-order valence-corrected chi connectivity index (χ0v) is 35.7. The van der Waals surface area contributed by atoms with E-state index in [1.165, 1.54) is 6.92 Å². The van der Waals surface area contributed by atoms with Crippen molar-refractivity contribution in [3.63, 3.8) is 0 Å². The molecule has 0 spiro atoms. The molecule has 0 saturated heterocycles. The third-order valence-electron chi connectivity index (χ3n) is 10.4. The number of hydrogen-bond donors (Lipinski definition) is 10. The first kappa shape index (κ1) is 51.5. The first-order valence-corrected chi connectivity index (χ1v) is 21.3. The number of carbonyl (C=O) groups is 8. The number of H-pyrrole nitrogens is 1. The van der Waals surface area contributed by atoms with E-state index in [0.717, 1.165) is 29.3 Å². The Kier molecular flexibility index (Phi) is 23.5. The molecule has 0 unspecified atom stereocenters. The Bertz CT molecular complexity index is 1800. The topological polar surface area (TPSA) is 313 Å². The number of aromatic amines is 1. The van der Waals surface area contributed by atoms with E-state index in [2.05, 4.69) is 36.9 Å². The standard InChI is InChI=1S/C42H63N7O14/c1-27(50)43-17-19-62-21-23-63-22-20-61-18-15-36(51)46-25-28-9-11-29(12-10-28)38(54)47-35(24-30-26-45-32-7-3-2-6-31(30)32)39(55)44-16-5-4-8-33(40(56)57)48-42(60)49-34(41(58)59)13-14-37(52)53/h2-3,6-7,26,28-29,33-35,45H,4-5,8-25H2,1H3,(H,43,50)(H,44,55)(H,46,51)(H,47,54)(H,52,53)(H,56,57)(H,58,59)(H2,48,49,60)/t28?,29?,33-,34-,35-/m0/s1. The largest absolute Gasteiger partial charge is 0.481 e. The smallest absolute Gasteiger partial charge is 0.326 e. The van der Waals surface area contributed by atoms with Gasteiger partial charge in [0.25, 0.3) is 0 Å². The summed E-state index contributed by atoms with van der Waals surface area (Å²) in [4.78, 5) is 100.0. The zero-order chi connectivity index (χ0) is 46.0. The molecule has 21 heteroatoms. The second-order valence-corrected chi connectivity index (χ2v) is 15.3. The van der Waals surface area contributed by atoms with Crippen LogP contribution in [0.25, 0.3) is 10.9 Å². The highest BCUT2D eigenvalue weighted by atomic mass is 16.5. The Morgan fingerprint density at radius 2 is 1.33 bits per heavy atom. The molecule has 1 fully saturated rings. The van der Waals surface area contributed by atoms with E-state index in [-0.39, 0.29) is 74.8 Å². The van der Waals surface area contributed by atoms with Crippen molar-refractivity contribution in [1.29, 1.82) is 0 Å². The predicted octanol–water partition coefficient (Wildman–Crippen LogP) is 1.05. The monoisotopic (exact) mass is 889 g/mol. The first-order chi connectivity index (χ1) is 30.2. The van der Waals surface area contributed by atoms with Gasteiger partial charge >= 0.3 is 23.9 Å². The van der Waals surface area contributed by atoms with Gasteiger partial charge in [-0.15, -0.1) is 0 Å². The van der Waals surface area contributed by atoms with Crippen LogP contribution in [0.2, 0.25) is 0 Å². The van der Waals surface area contributed by atoms with Gasteiger partial charge in [0, 0.05) is 68.8 Å². The molecule has 63 heavy (non-hydrogen) atoms. The number of urea groups is 1. The fourth-order valence-electron chi connectivity index (χ4n) is 6.95. The number of aromatic nitrogens is 1. The highest BCUT2D eigenvalue weighted by Crippen LogP contribution is 2.29. The molecule has 10 N–H and O–H groups in total. The number of carbonyl (C=O) groups excluding carboxylic acids is 5. The van der Waals surface area contributed by atoms with Crippen LogP contribution in [-0.4, -0.2) is 145 Å². The maximum Gasteiger partial charge on any atom is 0.326 e. The fourth-order valence-corrected chi connectivity index (χ4v) is 6.95. The summed E-state index contributed by atoms with van der Waals surface area (Å²) in [5, 5.41) is 44.3. The number of ether oxygens (including phenoxy) is 3. The number of para-hydroxylation sites is 1. The van der Waals surface area contributed by atoms with Crippen molar-refractivity contribution in [3.8, 4) is 0 Å². The van der Waals surface area contributed by atoms with Crippen LogP contribution < -0.4 is 31.9 Å². The lowest BCUT2D eigenvalue weighted by molar-refractivity contribution is -0.141. The first-order valence-electron chi connectivity index (χ1n) is 21.3. The van der Waals surface area contributed by atoms with Gasteiger partial charge in [-0.1, -0.05) is 18.2 Å². The van der Waals surface area contributed by atoms with Gasteiger partial charge in [0.15, 0.2) is 0 Å². The van der Waals surface area contributed by atoms with Crippen LogP contribution in [0.1, 0.15) is 76.7 Å². The lowest BCUT2D eigenvalue weighted by Gasteiger charge is -2.29. The lowest BCUT2D eigenvalue weighted by Crippen LogP contribution is -2.51. The van der Waals surface area contributed by atoms with Crippen LogP contribution in [0.5, 0.6) is 0 Å². The number of unbranched alkanes of at least 4 members (excludes halogenated alkanes) is 1. The maximum absolute atomic E-state index is 13.6. The molecule has 1 saturated carbocycles. The van der Waals surface area contributed by atoms with Gasteiger partial charge in [-0.05, 0) is 68.9 Å². The van der Waals surface area contributed by atoms with Crippen LogP contribution in [0.15, 0.2) is 30.5 Å². The number of benzene rings is 1. The molecule has 1 aliphatic carbocycles. The minimum Gasteiger partial charge on any atom is -0.481 e. The number of fused-ring (bicyclic) bond motifs is 1. The van der Waals surface area contributed by atoms with Gasteiger partial charge in [-0.2, -0.15) is 0 Å². The number of rotatable bonds is 31. The number of aliphatic carboxylic acids is 3. The molecule has 1 aliphatic rings. The highest BCUT2D eigenvalue weighted by Gasteiger charge is 2.30. The van der Waals surface area contributed by atoms with E-state index in [9.17, 15) is 48.6 Å². The SMILES string of the molecule is CC(=O)NCCOCCOCCOCCC(=O)NCC1CCC(C(=O)N[C@@H](Cc2c[nH]c3ccccc23)C(=O)NCCCC[C@H](NC(=O)N[C@@H](CCC(=O)O)C(=O)O)C(=O)O)CC1. The van der Waals surface area contributed by atoms with Gasteiger partial charge in [0.2, 0.25) is 23.6 Å². The highest BCUT2D eigenvalue weighted by molar-refractivity contribution is 5.90. The van der Waals surface area contributed by atoms with Crippen LogP contribution in [0, 0.1) is 11.8 Å². The number of amides is 6. The van der Waals surface area contributed by atoms with Crippen molar-refractivity contribution >= 4 is 58.5 Å². The molecular weight excluding hydrogens is 826 g/mol. The Morgan fingerprint density at radius 1 is 0.698 bits per heavy atom. The summed E-state index contributed by atoms with van der Waals surface area (Å²) in [7, 11) is 0. The minimum atomic E-state index is -1.53. The Morgan fingerprint density at radius 3 is 1.98 bits per heavy atom. The molecular formula is C42H63N7O14. The number of carboxylic acids is 3. The Hall–Kier alpha value is -5.80. The molecule has 2 aromatic rings. The molecule has 6 amide bonds. The molecule has 1 aromatic carbocycles. The molecule has 1 heterocycles. The summed E-state index contributed by atoms with van der Waals surface area (Å²) in [6, 6.07) is 2.71. The van der Waals surface area contributed by atoms with Crippen molar-refractivity contribution in [2.45, 2.75) is 95.7 Å². The van der Waals surface area contributed by atoms with Crippen molar-refractivity contribution in [1.82, 2.24) is 36.9 Å². The van der Waals surface area contributed by atoms with E-state index in [1.807, 2.05) is 24.3 Å². The fraction of sp³-hybridized carbons (Fsp3) is 0.619. The number of carboxylic acid groups (broad SMARTS) is 3. The van der Waals surface area contributed by atoms with Crippen LogP contribution in [-0.2, 0) is 54.2 Å². The third kappa shape index (κ3) is 20.7. The summed E-state index contributed by atoms with van der Waals surface area (Å²) < 4.78 is 16.2. The van der Waals surface area contributed by atoms with E-state index < -0.39 is 54.4 Å². The van der Waals surface area contributed by atoms with E-state index >= 15 is 0 Å². The van der Waals surface area contributed by atoms with Gasteiger partial charge in [0.1, 0.15) is 18.1 Å². The Balaban J connectivity index is 1.40. The molecule has 21 nitrogen and oxygen atoms in total. The van der Waals surface area contributed by atoms with Crippen molar-refractivity contribution in [3.05, 3.63) is 36.0 Å². The van der Waals surface area contributed by atoms with Crippen LogP contribution in [0.3, 0.4) is 0 Å². The van der Waals surface area contributed by atoms with E-state index in [4.69, 9.17) is 19.3 Å². The second kappa shape index (κ2) is 28.7. The van der Waals surface area contributed by atoms with Gasteiger partial charge in [0.05, 0.1) is 39.6 Å². The van der Waals surface area contributed by atoms with Gasteiger partial charge in [-0.25, -0.2) is 14.4 Å². The summed E-state index contributed by atoms with van der Waals surface area (Å²) >= 11 is 0. The normalized spacial score (nSPS) is 16.2. The number of nitrogens with one attached hydrogen (secondary N) is 7. The summed E-state index contributed by atoms with van der Waals surface area (Å²) in [6.45, 7) is 4.67. The number of hydrogen-bond acceptors (Lipinski definition) is 11. The van der Waals surface area contributed by atoms with E-state index in [0.29, 0.717) is 65.4 Å². The van der Waals surface area contributed by atoms with Crippen molar-refractivity contribution < 1.29 is 67.9 Å². The van der Waals surface area contributed by atoms with Crippen molar-refractivity contribution in [2.24, 2.45) is 11.8 Å². The quantitative estimate of drug-likeness (QED) is 0.0474. The van der Waals surface area contributed by atoms with Crippen LogP contribution >= 0.6 is 0 Å². The average molecular weight is 890 g/mol. The van der Waals surface area contributed by atoms with Gasteiger partial charge in [-0.3, -0.25) is 24.0 Å². The summed E-state index contributed by atoms with van der Waals surface area (Å²) in [5.41, 5.74) is 1.72. The van der Waals surface area contributed by atoms with Gasteiger partial charge < -0.3 is 66.4 Å². The third-order valence-corrected chi connectivity index (χ3v) is 10.4. The second-order valence-electron chi connectivity index (χ2n) is 15.3. The molecule has 350 valence electrons.